The molecule has 1 heterocycles. The van der Waals surface area contributed by atoms with Gasteiger partial charge in [0.15, 0.2) is 0 Å². The molecule has 0 amide bonds. The van der Waals surface area contributed by atoms with Gasteiger partial charge in [-0.15, -0.1) is 0 Å². The predicted octanol–water partition coefficient (Wildman–Crippen LogP) is 3.00. The molecule has 5 nitrogen and oxygen atoms in total. The summed E-state index contributed by atoms with van der Waals surface area (Å²) in [5.41, 5.74) is 0.116. The third-order valence-electron chi connectivity index (χ3n) is 3.18. The molecule has 0 bridgehead atoms. The van der Waals surface area contributed by atoms with E-state index in [4.69, 9.17) is 4.74 Å². The minimum absolute atomic E-state index is 0.0993. The summed E-state index contributed by atoms with van der Waals surface area (Å²) in [5.74, 6) is -0.645. The molecule has 0 saturated heterocycles. The third kappa shape index (κ3) is 3.52. The van der Waals surface area contributed by atoms with Gasteiger partial charge < -0.3 is 9.84 Å². The number of aromatic nitrogens is 1. The SMILES string of the molecule is O=C(OC(O)Cn1sc2ccccc2c1=O)c1cccc(Br)c1. The number of nitrogens with zero attached hydrogens (tertiary/aromatic N) is 1. The van der Waals surface area contributed by atoms with Crippen molar-refractivity contribution in [2.24, 2.45) is 0 Å². The zero-order chi connectivity index (χ0) is 16.4. The van der Waals surface area contributed by atoms with E-state index in [1.165, 1.54) is 15.5 Å². The van der Waals surface area contributed by atoms with Gasteiger partial charge in [0.2, 0.25) is 6.29 Å². The highest BCUT2D eigenvalue weighted by atomic mass is 79.9. The lowest BCUT2D eigenvalue weighted by Crippen LogP contribution is -2.26. The molecule has 0 fully saturated rings. The molecule has 0 radical (unpaired) electrons. The molecule has 3 rings (SSSR count). The van der Waals surface area contributed by atoms with Gasteiger partial charge in [0.25, 0.3) is 5.56 Å². The second-order valence-corrected chi connectivity index (χ2v) is 6.80. The van der Waals surface area contributed by atoms with E-state index in [0.717, 1.165) is 9.17 Å². The normalized spacial score (nSPS) is 12.3. The number of rotatable bonds is 4. The zero-order valence-electron chi connectivity index (χ0n) is 11.8. The average molecular weight is 394 g/mol. The van der Waals surface area contributed by atoms with Crippen LogP contribution in [0, 0.1) is 0 Å². The zero-order valence-corrected chi connectivity index (χ0v) is 14.2. The van der Waals surface area contributed by atoms with Crippen LogP contribution in [0.5, 0.6) is 0 Å². The van der Waals surface area contributed by atoms with Crippen molar-refractivity contribution in [3.63, 3.8) is 0 Å². The molecule has 2 aromatic carbocycles. The van der Waals surface area contributed by atoms with Crippen LogP contribution in [0.15, 0.2) is 57.8 Å². The molecule has 1 N–H and O–H groups in total. The van der Waals surface area contributed by atoms with Gasteiger partial charge >= 0.3 is 5.97 Å². The van der Waals surface area contributed by atoms with Gasteiger partial charge in [0.1, 0.15) is 0 Å². The number of aliphatic hydroxyl groups is 1. The van der Waals surface area contributed by atoms with Gasteiger partial charge in [0, 0.05) is 4.47 Å². The number of hydrogen-bond donors (Lipinski definition) is 1. The van der Waals surface area contributed by atoms with Crippen molar-refractivity contribution in [1.29, 1.82) is 0 Å². The van der Waals surface area contributed by atoms with E-state index in [2.05, 4.69) is 15.9 Å². The fourth-order valence-electron chi connectivity index (χ4n) is 2.12. The molecule has 7 heteroatoms. The van der Waals surface area contributed by atoms with E-state index in [1.807, 2.05) is 12.1 Å². The minimum Gasteiger partial charge on any atom is -0.430 e. The van der Waals surface area contributed by atoms with Gasteiger partial charge in [-0.05, 0) is 30.3 Å². The summed E-state index contributed by atoms with van der Waals surface area (Å²) in [6, 6.07) is 13.8. The topological polar surface area (TPSA) is 68.5 Å². The van der Waals surface area contributed by atoms with E-state index in [1.54, 1.807) is 36.4 Å². The van der Waals surface area contributed by atoms with Crippen LogP contribution in [0.25, 0.3) is 10.1 Å². The Bertz CT molecular complexity index is 918. The van der Waals surface area contributed by atoms with Crippen LogP contribution in [0.1, 0.15) is 10.4 Å². The van der Waals surface area contributed by atoms with Gasteiger partial charge in [-0.2, -0.15) is 0 Å². The summed E-state index contributed by atoms with van der Waals surface area (Å²) in [6.07, 6.45) is -1.40. The van der Waals surface area contributed by atoms with E-state index >= 15 is 0 Å². The molecular formula is C16H12BrNO4S. The minimum atomic E-state index is -1.40. The van der Waals surface area contributed by atoms with Crippen molar-refractivity contribution in [2.45, 2.75) is 12.8 Å². The molecule has 1 unspecified atom stereocenters. The molecule has 23 heavy (non-hydrogen) atoms. The quantitative estimate of drug-likeness (QED) is 0.546. The maximum atomic E-state index is 12.2. The van der Waals surface area contributed by atoms with Crippen LogP contribution in [0.2, 0.25) is 0 Å². The highest BCUT2D eigenvalue weighted by molar-refractivity contribution is 9.10. The standard InChI is InChI=1S/C16H12BrNO4S/c17-11-5-3-4-10(8-11)16(21)22-14(19)9-18-15(20)12-6-1-2-7-13(12)23-18/h1-8,14,19H,9H2. The van der Waals surface area contributed by atoms with Crippen molar-refractivity contribution < 1.29 is 14.6 Å². The van der Waals surface area contributed by atoms with Crippen molar-refractivity contribution in [2.75, 3.05) is 0 Å². The number of halogens is 1. The molecule has 0 saturated carbocycles. The smallest absolute Gasteiger partial charge is 0.340 e. The first-order valence-electron chi connectivity index (χ1n) is 6.78. The molecule has 0 aliphatic heterocycles. The lowest BCUT2D eigenvalue weighted by molar-refractivity contribution is -0.0718. The lowest BCUT2D eigenvalue weighted by atomic mass is 10.2. The summed E-state index contributed by atoms with van der Waals surface area (Å²) in [5, 5.41) is 10.5. The molecule has 1 atom stereocenters. The second kappa shape index (κ2) is 6.66. The number of ether oxygens (including phenoxy) is 1. The number of benzene rings is 2. The summed E-state index contributed by atoms with van der Waals surface area (Å²) < 4.78 is 7.93. The molecule has 3 aromatic rings. The van der Waals surface area contributed by atoms with Crippen LogP contribution in [0.4, 0.5) is 0 Å². The average Bonchev–Trinajstić information content (AvgIpc) is 2.84. The Hall–Kier alpha value is -1.96. The Labute approximate surface area is 144 Å². The largest absolute Gasteiger partial charge is 0.430 e. The number of esters is 1. The number of hydrogen-bond acceptors (Lipinski definition) is 5. The molecule has 0 aliphatic rings. The van der Waals surface area contributed by atoms with Crippen LogP contribution in [-0.4, -0.2) is 21.3 Å². The molecule has 0 aliphatic carbocycles. The number of aliphatic hydroxyl groups excluding tert-OH is 1. The van der Waals surface area contributed by atoms with Crippen LogP contribution >= 0.6 is 27.5 Å². The predicted molar refractivity (Wildman–Crippen MR) is 91.6 cm³/mol. The molecule has 0 spiro atoms. The van der Waals surface area contributed by atoms with E-state index < -0.39 is 12.3 Å². The Morgan fingerprint density at radius 3 is 2.78 bits per heavy atom. The van der Waals surface area contributed by atoms with Crippen molar-refractivity contribution in [3.8, 4) is 0 Å². The maximum Gasteiger partial charge on any atom is 0.340 e. The van der Waals surface area contributed by atoms with Gasteiger partial charge in [-0.3, -0.25) is 8.75 Å². The number of carbonyl (C=O) groups is 1. The number of fused-ring (bicyclic) bond motifs is 1. The van der Waals surface area contributed by atoms with Gasteiger partial charge in [-0.25, -0.2) is 4.79 Å². The highest BCUT2D eigenvalue weighted by Crippen LogP contribution is 2.17. The fraction of sp³-hybridized carbons (Fsp3) is 0.125. The summed E-state index contributed by atoms with van der Waals surface area (Å²) in [4.78, 5) is 24.1. The third-order valence-corrected chi connectivity index (χ3v) is 4.76. The maximum absolute atomic E-state index is 12.2. The Morgan fingerprint density at radius 2 is 2.04 bits per heavy atom. The Morgan fingerprint density at radius 1 is 1.26 bits per heavy atom. The molecule has 1 aromatic heterocycles. The van der Waals surface area contributed by atoms with Crippen LogP contribution < -0.4 is 5.56 Å². The molecule has 118 valence electrons. The fourth-order valence-corrected chi connectivity index (χ4v) is 3.54. The van der Waals surface area contributed by atoms with Crippen molar-refractivity contribution >= 4 is 43.5 Å². The van der Waals surface area contributed by atoms with E-state index in [0.29, 0.717) is 10.9 Å². The molecular weight excluding hydrogens is 382 g/mol. The van der Waals surface area contributed by atoms with Crippen LogP contribution in [0.3, 0.4) is 0 Å². The first-order chi connectivity index (χ1) is 11.0. The monoisotopic (exact) mass is 393 g/mol. The first kappa shape index (κ1) is 15.9. The lowest BCUT2D eigenvalue weighted by Gasteiger charge is -2.12. The Balaban J connectivity index is 1.73. The summed E-state index contributed by atoms with van der Waals surface area (Å²) in [7, 11) is 0. The Kier molecular flexibility index (Phi) is 4.61. The van der Waals surface area contributed by atoms with Crippen molar-refractivity contribution in [3.05, 3.63) is 68.9 Å². The summed E-state index contributed by atoms with van der Waals surface area (Å²) in [6.45, 7) is -0.0993. The van der Waals surface area contributed by atoms with E-state index in [9.17, 15) is 14.7 Å². The number of carbonyl (C=O) groups excluding carboxylic acids is 1. The van der Waals surface area contributed by atoms with Gasteiger partial charge in [0.05, 0.1) is 22.2 Å². The second-order valence-electron chi connectivity index (χ2n) is 4.82. The van der Waals surface area contributed by atoms with E-state index in [-0.39, 0.29) is 12.1 Å². The van der Waals surface area contributed by atoms with Crippen molar-refractivity contribution in [1.82, 2.24) is 3.96 Å². The first-order valence-corrected chi connectivity index (χ1v) is 8.35. The van der Waals surface area contributed by atoms with Crippen LogP contribution in [-0.2, 0) is 11.3 Å². The highest BCUT2D eigenvalue weighted by Gasteiger charge is 2.16. The summed E-state index contributed by atoms with van der Waals surface area (Å²) >= 11 is 4.49. The van der Waals surface area contributed by atoms with Gasteiger partial charge in [-0.1, -0.05) is 45.7 Å².